The predicted octanol–water partition coefficient (Wildman–Crippen LogP) is 6.09. The van der Waals surface area contributed by atoms with Crippen molar-refractivity contribution < 1.29 is 13.9 Å². The first-order chi connectivity index (χ1) is 14.1. The molecule has 4 rings (SSSR count). The van der Waals surface area contributed by atoms with Gasteiger partial charge in [-0.2, -0.15) is 0 Å². The molecule has 29 heavy (non-hydrogen) atoms. The first-order valence-electron chi connectivity index (χ1n) is 8.51. The van der Waals surface area contributed by atoms with Crippen molar-refractivity contribution in [2.45, 2.75) is 0 Å². The van der Waals surface area contributed by atoms with Gasteiger partial charge in [0, 0.05) is 21.2 Å². The van der Waals surface area contributed by atoms with Gasteiger partial charge >= 0.3 is 6.01 Å². The number of amides is 1. The second-order valence-corrected chi connectivity index (χ2v) is 6.84. The van der Waals surface area contributed by atoms with Crippen molar-refractivity contribution >= 4 is 35.1 Å². The zero-order valence-corrected chi connectivity index (χ0v) is 16.3. The number of hydrogen-bond acceptors (Lipinski definition) is 5. The lowest BCUT2D eigenvalue weighted by Gasteiger charge is -2.06. The van der Waals surface area contributed by atoms with Crippen molar-refractivity contribution in [1.82, 2.24) is 10.2 Å². The number of rotatable bonds is 5. The molecule has 0 atom stereocenters. The lowest BCUT2D eigenvalue weighted by molar-refractivity contribution is 0.102. The topological polar surface area (TPSA) is 77.3 Å². The first kappa shape index (κ1) is 19.0. The highest BCUT2D eigenvalue weighted by molar-refractivity contribution is 6.35. The van der Waals surface area contributed by atoms with Gasteiger partial charge in [0.15, 0.2) is 0 Å². The Bertz CT molecular complexity index is 1130. The molecular formula is C21H13Cl2N3O3. The fourth-order valence-corrected chi connectivity index (χ4v) is 3.06. The number of aromatic nitrogens is 2. The zero-order valence-electron chi connectivity index (χ0n) is 14.8. The third-order valence-electron chi connectivity index (χ3n) is 3.85. The highest BCUT2D eigenvalue weighted by Gasteiger charge is 2.14. The van der Waals surface area contributed by atoms with Gasteiger partial charge in [0.2, 0.25) is 5.89 Å². The van der Waals surface area contributed by atoms with E-state index in [1.165, 1.54) is 0 Å². The Kier molecular flexibility index (Phi) is 5.46. The number of nitrogens with one attached hydrogen (secondary N) is 1. The number of benzene rings is 3. The van der Waals surface area contributed by atoms with E-state index in [9.17, 15) is 4.79 Å². The molecule has 4 aromatic rings. The molecule has 144 valence electrons. The maximum absolute atomic E-state index is 12.4. The summed E-state index contributed by atoms with van der Waals surface area (Å²) in [5, 5.41) is 11.2. The second-order valence-electron chi connectivity index (χ2n) is 5.96. The van der Waals surface area contributed by atoms with Crippen molar-refractivity contribution in [3.8, 4) is 23.0 Å². The van der Waals surface area contributed by atoms with Gasteiger partial charge in [-0.1, -0.05) is 46.5 Å². The van der Waals surface area contributed by atoms with Crippen LogP contribution in [0.4, 0.5) is 6.01 Å². The molecular weight excluding hydrogens is 413 g/mol. The molecule has 0 aliphatic heterocycles. The molecule has 1 N–H and O–H groups in total. The van der Waals surface area contributed by atoms with Crippen LogP contribution in [-0.4, -0.2) is 16.1 Å². The number of para-hydroxylation sites is 1. The third-order valence-corrected chi connectivity index (χ3v) is 4.29. The monoisotopic (exact) mass is 425 g/mol. The van der Waals surface area contributed by atoms with E-state index in [0.29, 0.717) is 32.7 Å². The molecule has 0 bridgehead atoms. The van der Waals surface area contributed by atoms with E-state index >= 15 is 0 Å². The van der Waals surface area contributed by atoms with Gasteiger partial charge in [-0.25, -0.2) is 0 Å². The molecule has 1 heterocycles. The minimum atomic E-state index is -0.393. The number of nitrogens with zero attached hydrogens (tertiary/aromatic N) is 2. The van der Waals surface area contributed by atoms with E-state index < -0.39 is 5.91 Å². The van der Waals surface area contributed by atoms with Gasteiger partial charge in [-0.3, -0.25) is 10.1 Å². The normalized spacial score (nSPS) is 10.6. The molecule has 0 saturated carbocycles. The van der Waals surface area contributed by atoms with Crippen molar-refractivity contribution in [2.75, 3.05) is 5.32 Å². The number of halogens is 2. The lowest BCUT2D eigenvalue weighted by atomic mass is 10.2. The lowest BCUT2D eigenvalue weighted by Crippen LogP contribution is -2.11. The van der Waals surface area contributed by atoms with Crippen LogP contribution in [-0.2, 0) is 0 Å². The molecule has 3 aromatic carbocycles. The molecule has 0 spiro atoms. The number of hydrogen-bond donors (Lipinski definition) is 1. The Morgan fingerprint density at radius 3 is 2.21 bits per heavy atom. The van der Waals surface area contributed by atoms with Crippen molar-refractivity contribution in [3.63, 3.8) is 0 Å². The quantitative estimate of drug-likeness (QED) is 0.418. The minimum absolute atomic E-state index is 0.0364. The largest absolute Gasteiger partial charge is 0.457 e. The Labute approximate surface area is 176 Å². The van der Waals surface area contributed by atoms with Gasteiger partial charge < -0.3 is 9.15 Å². The molecule has 0 unspecified atom stereocenters. The minimum Gasteiger partial charge on any atom is -0.457 e. The van der Waals surface area contributed by atoms with Crippen LogP contribution < -0.4 is 10.1 Å². The molecule has 8 heteroatoms. The summed E-state index contributed by atoms with van der Waals surface area (Å²) in [6.07, 6.45) is 0. The first-order valence-corrected chi connectivity index (χ1v) is 9.27. The smallest absolute Gasteiger partial charge is 0.322 e. The number of carbonyl (C=O) groups excluding carboxylic acids is 1. The zero-order chi connectivity index (χ0) is 20.2. The average Bonchev–Trinajstić information content (AvgIpc) is 3.17. The number of carbonyl (C=O) groups is 1. The number of anilines is 1. The maximum atomic E-state index is 12.4. The molecule has 0 radical (unpaired) electrons. The fraction of sp³-hybridized carbons (Fsp3) is 0. The summed E-state index contributed by atoms with van der Waals surface area (Å²) in [5.74, 6) is 1.13. The Morgan fingerprint density at radius 2 is 1.52 bits per heavy atom. The molecule has 1 amide bonds. The highest BCUT2D eigenvalue weighted by atomic mass is 35.5. The van der Waals surface area contributed by atoms with E-state index in [2.05, 4.69) is 15.5 Å². The summed E-state index contributed by atoms with van der Waals surface area (Å²) < 4.78 is 11.2. The van der Waals surface area contributed by atoms with Gasteiger partial charge in [-0.05, 0) is 54.6 Å². The average molecular weight is 426 g/mol. The maximum Gasteiger partial charge on any atom is 0.322 e. The van der Waals surface area contributed by atoms with Crippen LogP contribution in [0.5, 0.6) is 11.5 Å². The molecule has 6 nitrogen and oxygen atoms in total. The van der Waals surface area contributed by atoms with Crippen LogP contribution >= 0.6 is 23.2 Å². The van der Waals surface area contributed by atoms with Crippen molar-refractivity contribution in [1.29, 1.82) is 0 Å². The van der Waals surface area contributed by atoms with Crippen LogP contribution in [0, 0.1) is 0 Å². The third kappa shape index (κ3) is 4.74. The van der Waals surface area contributed by atoms with Crippen LogP contribution in [0.1, 0.15) is 10.4 Å². The molecule has 0 aliphatic rings. The standard InChI is InChI=1S/C21H13Cl2N3O3/c22-15-10-14(11-16(23)12-15)20-25-26-21(29-20)24-19(27)13-6-8-18(9-7-13)28-17-4-2-1-3-5-17/h1-12H,(H,24,26,27). The highest BCUT2D eigenvalue weighted by Crippen LogP contribution is 2.27. The number of ether oxygens (including phenoxy) is 1. The van der Waals surface area contributed by atoms with Crippen LogP contribution in [0.15, 0.2) is 77.2 Å². The predicted molar refractivity (Wildman–Crippen MR) is 111 cm³/mol. The summed E-state index contributed by atoms with van der Waals surface area (Å²) in [5.41, 5.74) is 0.967. The summed E-state index contributed by atoms with van der Waals surface area (Å²) in [6.45, 7) is 0. The second kappa shape index (κ2) is 8.34. The molecule has 0 saturated heterocycles. The van der Waals surface area contributed by atoms with Gasteiger partial charge in [0.25, 0.3) is 5.91 Å². The van der Waals surface area contributed by atoms with Gasteiger partial charge in [0.1, 0.15) is 11.5 Å². The van der Waals surface area contributed by atoms with E-state index in [0.717, 1.165) is 0 Å². The van der Waals surface area contributed by atoms with Crippen LogP contribution in [0.25, 0.3) is 11.5 Å². The van der Waals surface area contributed by atoms with E-state index in [-0.39, 0.29) is 11.9 Å². The van der Waals surface area contributed by atoms with E-state index in [1.807, 2.05) is 30.3 Å². The van der Waals surface area contributed by atoms with Gasteiger partial charge in [-0.15, -0.1) is 5.10 Å². The van der Waals surface area contributed by atoms with Gasteiger partial charge in [0.05, 0.1) is 0 Å². The Balaban J connectivity index is 1.43. The van der Waals surface area contributed by atoms with Crippen molar-refractivity contribution in [2.24, 2.45) is 0 Å². The summed E-state index contributed by atoms with van der Waals surface area (Å²) >= 11 is 12.0. The summed E-state index contributed by atoms with van der Waals surface area (Å²) in [7, 11) is 0. The van der Waals surface area contributed by atoms with E-state index in [4.69, 9.17) is 32.4 Å². The Hall–Kier alpha value is -3.35. The molecule has 1 aromatic heterocycles. The SMILES string of the molecule is O=C(Nc1nnc(-c2cc(Cl)cc(Cl)c2)o1)c1ccc(Oc2ccccc2)cc1. The van der Waals surface area contributed by atoms with Crippen LogP contribution in [0.2, 0.25) is 10.0 Å². The summed E-state index contributed by atoms with van der Waals surface area (Å²) in [6, 6.07) is 20.9. The van der Waals surface area contributed by atoms with Crippen LogP contribution in [0.3, 0.4) is 0 Å². The molecule has 0 fully saturated rings. The van der Waals surface area contributed by atoms with E-state index in [1.54, 1.807) is 42.5 Å². The summed E-state index contributed by atoms with van der Waals surface area (Å²) in [4.78, 5) is 12.4. The van der Waals surface area contributed by atoms with Crippen molar-refractivity contribution in [3.05, 3.63) is 88.4 Å². The Morgan fingerprint density at radius 1 is 0.862 bits per heavy atom. The fourth-order valence-electron chi connectivity index (χ4n) is 2.54. The molecule has 0 aliphatic carbocycles.